The van der Waals surface area contributed by atoms with Crippen LogP contribution in [0.25, 0.3) is 0 Å². The lowest BCUT2D eigenvalue weighted by Gasteiger charge is -2.37. The number of amides is 1. The number of carbonyl (C=O) groups is 1. The molecule has 3 rings (SSSR count). The number of methoxy groups -OCH3 is 1. The van der Waals surface area contributed by atoms with Gasteiger partial charge in [-0.3, -0.25) is 9.69 Å². The first kappa shape index (κ1) is 17.1. The van der Waals surface area contributed by atoms with E-state index in [4.69, 9.17) is 9.47 Å². The SMILES string of the molecule is COc1cc(C)ccc1OCCN1CCC[C@@H](N2CCCC2=O)C1. The molecule has 0 saturated carbocycles. The number of benzene rings is 1. The zero-order valence-electron chi connectivity index (χ0n) is 14.8. The quantitative estimate of drug-likeness (QED) is 0.802. The Hall–Kier alpha value is -1.75. The highest BCUT2D eigenvalue weighted by Crippen LogP contribution is 2.28. The molecule has 1 amide bonds. The van der Waals surface area contributed by atoms with Gasteiger partial charge in [0.05, 0.1) is 7.11 Å². The van der Waals surface area contributed by atoms with Crippen LogP contribution in [-0.4, -0.2) is 61.6 Å². The number of carbonyl (C=O) groups excluding carboxylic acids is 1. The van der Waals surface area contributed by atoms with Crippen molar-refractivity contribution in [2.24, 2.45) is 0 Å². The van der Waals surface area contributed by atoms with Crippen LogP contribution in [0.5, 0.6) is 11.5 Å². The Kier molecular flexibility index (Phi) is 5.61. The summed E-state index contributed by atoms with van der Waals surface area (Å²) in [5, 5.41) is 0. The molecule has 2 saturated heterocycles. The van der Waals surface area contributed by atoms with Gasteiger partial charge in [-0.2, -0.15) is 0 Å². The number of piperidine rings is 1. The van der Waals surface area contributed by atoms with E-state index in [1.54, 1.807) is 7.11 Å². The molecule has 5 nitrogen and oxygen atoms in total. The summed E-state index contributed by atoms with van der Waals surface area (Å²) >= 11 is 0. The summed E-state index contributed by atoms with van der Waals surface area (Å²) in [6.07, 6.45) is 4.04. The molecule has 1 aromatic rings. The van der Waals surface area contributed by atoms with Crippen molar-refractivity contribution in [2.75, 3.05) is 39.9 Å². The molecule has 2 aliphatic heterocycles. The van der Waals surface area contributed by atoms with E-state index < -0.39 is 0 Å². The van der Waals surface area contributed by atoms with Gasteiger partial charge in [-0.25, -0.2) is 0 Å². The molecule has 0 radical (unpaired) electrons. The lowest BCUT2D eigenvalue weighted by Crippen LogP contribution is -2.49. The maximum atomic E-state index is 11.9. The lowest BCUT2D eigenvalue weighted by molar-refractivity contribution is -0.130. The monoisotopic (exact) mass is 332 g/mol. The van der Waals surface area contributed by atoms with Crippen LogP contribution in [0, 0.1) is 6.92 Å². The second kappa shape index (κ2) is 7.88. The van der Waals surface area contributed by atoms with Crippen molar-refractivity contribution in [2.45, 2.75) is 38.6 Å². The van der Waals surface area contributed by atoms with E-state index >= 15 is 0 Å². The van der Waals surface area contributed by atoms with E-state index in [0.717, 1.165) is 68.9 Å². The Morgan fingerprint density at radius 3 is 2.83 bits per heavy atom. The van der Waals surface area contributed by atoms with E-state index in [1.807, 2.05) is 25.1 Å². The summed E-state index contributed by atoms with van der Waals surface area (Å²) in [5.41, 5.74) is 1.16. The summed E-state index contributed by atoms with van der Waals surface area (Å²) in [4.78, 5) is 16.5. The molecule has 1 aromatic carbocycles. The van der Waals surface area contributed by atoms with Crippen molar-refractivity contribution in [3.63, 3.8) is 0 Å². The molecule has 2 fully saturated rings. The highest BCUT2D eigenvalue weighted by atomic mass is 16.5. The van der Waals surface area contributed by atoms with Crippen molar-refractivity contribution >= 4 is 5.91 Å². The number of likely N-dealkylation sites (tertiary alicyclic amines) is 2. The van der Waals surface area contributed by atoms with Crippen molar-refractivity contribution in [1.82, 2.24) is 9.80 Å². The summed E-state index contributed by atoms with van der Waals surface area (Å²) in [7, 11) is 1.67. The minimum Gasteiger partial charge on any atom is -0.493 e. The highest BCUT2D eigenvalue weighted by molar-refractivity contribution is 5.78. The molecule has 0 unspecified atom stereocenters. The molecule has 0 N–H and O–H groups in total. The number of rotatable bonds is 6. The molecule has 2 heterocycles. The second-order valence-electron chi connectivity index (χ2n) is 6.79. The Morgan fingerprint density at radius 2 is 2.08 bits per heavy atom. The highest BCUT2D eigenvalue weighted by Gasteiger charge is 2.31. The second-order valence-corrected chi connectivity index (χ2v) is 6.79. The molecule has 1 atom stereocenters. The third-order valence-corrected chi connectivity index (χ3v) is 5.02. The molecule has 2 aliphatic rings. The smallest absolute Gasteiger partial charge is 0.222 e. The molecule has 132 valence electrons. The van der Waals surface area contributed by atoms with Crippen LogP contribution in [0.4, 0.5) is 0 Å². The van der Waals surface area contributed by atoms with E-state index in [9.17, 15) is 4.79 Å². The average molecular weight is 332 g/mol. The van der Waals surface area contributed by atoms with E-state index in [1.165, 1.54) is 0 Å². The fourth-order valence-corrected chi connectivity index (χ4v) is 3.72. The lowest BCUT2D eigenvalue weighted by atomic mass is 10.0. The topological polar surface area (TPSA) is 42.0 Å². The molecule has 24 heavy (non-hydrogen) atoms. The van der Waals surface area contributed by atoms with Gasteiger partial charge >= 0.3 is 0 Å². The zero-order valence-corrected chi connectivity index (χ0v) is 14.8. The summed E-state index contributed by atoms with van der Waals surface area (Å²) < 4.78 is 11.3. The standard InChI is InChI=1S/C19H28N2O3/c1-15-7-8-17(18(13-15)23-2)24-12-11-20-9-3-5-16(14-20)21-10-4-6-19(21)22/h7-8,13,16H,3-6,9-12,14H2,1-2H3/t16-/m1/s1. The van der Waals surface area contributed by atoms with Gasteiger partial charge in [0.15, 0.2) is 11.5 Å². The van der Waals surface area contributed by atoms with Gasteiger partial charge in [0.25, 0.3) is 0 Å². The maximum absolute atomic E-state index is 11.9. The largest absolute Gasteiger partial charge is 0.493 e. The van der Waals surface area contributed by atoms with Gasteiger partial charge in [-0.1, -0.05) is 6.07 Å². The molecular formula is C19H28N2O3. The Morgan fingerprint density at radius 1 is 1.21 bits per heavy atom. The Labute approximate surface area is 144 Å². The Balaban J connectivity index is 1.49. The van der Waals surface area contributed by atoms with Gasteiger partial charge < -0.3 is 14.4 Å². The predicted octanol–water partition coefficient (Wildman–Crippen LogP) is 2.47. The Bertz CT molecular complexity index is 576. The number of hydrogen-bond acceptors (Lipinski definition) is 4. The molecule has 0 aromatic heterocycles. The van der Waals surface area contributed by atoms with Crippen LogP contribution in [0.2, 0.25) is 0 Å². The maximum Gasteiger partial charge on any atom is 0.222 e. The third kappa shape index (κ3) is 4.01. The van der Waals surface area contributed by atoms with Crippen LogP contribution in [-0.2, 0) is 4.79 Å². The third-order valence-electron chi connectivity index (χ3n) is 5.02. The zero-order chi connectivity index (χ0) is 16.9. The first-order chi connectivity index (χ1) is 11.7. The fraction of sp³-hybridized carbons (Fsp3) is 0.632. The first-order valence-electron chi connectivity index (χ1n) is 8.96. The van der Waals surface area contributed by atoms with Crippen LogP contribution >= 0.6 is 0 Å². The molecule has 5 heteroatoms. The van der Waals surface area contributed by atoms with E-state index in [-0.39, 0.29) is 0 Å². The summed E-state index contributed by atoms with van der Waals surface area (Å²) in [6.45, 7) is 6.57. The van der Waals surface area contributed by atoms with E-state index in [0.29, 0.717) is 18.6 Å². The normalized spacial score (nSPS) is 22.0. The van der Waals surface area contributed by atoms with Crippen molar-refractivity contribution in [3.05, 3.63) is 23.8 Å². The number of ether oxygens (including phenoxy) is 2. The van der Waals surface area contributed by atoms with Crippen LogP contribution < -0.4 is 9.47 Å². The first-order valence-corrected chi connectivity index (χ1v) is 8.96. The van der Waals surface area contributed by atoms with Crippen molar-refractivity contribution in [3.8, 4) is 11.5 Å². The van der Waals surface area contributed by atoms with Gasteiger partial charge in [-0.15, -0.1) is 0 Å². The molecule has 0 bridgehead atoms. The molecule has 0 aliphatic carbocycles. The van der Waals surface area contributed by atoms with E-state index in [2.05, 4.69) is 9.80 Å². The molecular weight excluding hydrogens is 304 g/mol. The summed E-state index contributed by atoms with van der Waals surface area (Å²) in [5.74, 6) is 1.92. The predicted molar refractivity (Wildman–Crippen MR) is 93.6 cm³/mol. The number of nitrogens with zero attached hydrogens (tertiary/aromatic N) is 2. The number of aryl methyl sites for hydroxylation is 1. The van der Waals surface area contributed by atoms with Gasteiger partial charge in [0.2, 0.25) is 5.91 Å². The molecule has 0 spiro atoms. The van der Waals surface area contributed by atoms with Crippen molar-refractivity contribution < 1.29 is 14.3 Å². The van der Waals surface area contributed by atoms with Gasteiger partial charge in [-0.05, 0) is 50.4 Å². The summed E-state index contributed by atoms with van der Waals surface area (Å²) in [6, 6.07) is 6.39. The fourth-order valence-electron chi connectivity index (χ4n) is 3.72. The minimum atomic E-state index is 0.336. The minimum absolute atomic E-state index is 0.336. The van der Waals surface area contributed by atoms with Crippen LogP contribution in [0.1, 0.15) is 31.2 Å². The van der Waals surface area contributed by atoms with Crippen LogP contribution in [0.3, 0.4) is 0 Å². The van der Waals surface area contributed by atoms with Crippen LogP contribution in [0.15, 0.2) is 18.2 Å². The van der Waals surface area contributed by atoms with Gasteiger partial charge in [0.1, 0.15) is 6.61 Å². The number of hydrogen-bond donors (Lipinski definition) is 0. The average Bonchev–Trinajstić information content (AvgIpc) is 3.02. The van der Waals surface area contributed by atoms with Gasteiger partial charge in [0, 0.05) is 32.1 Å². The van der Waals surface area contributed by atoms with Crippen molar-refractivity contribution in [1.29, 1.82) is 0 Å².